The molecule has 7 rings (SSSR count). The molecule has 6 heteroatoms. The SMILES string of the molecule is Cc1c(C(=O)NCCCC2C3CC4CC(C3)CC2C4)nn(-c2cccnc2)c1-c1ccc(Cl)cc1. The molecule has 4 aliphatic carbocycles. The van der Waals surface area contributed by atoms with Crippen molar-refractivity contribution in [2.45, 2.75) is 51.9 Å². The Balaban J connectivity index is 1.16. The van der Waals surface area contributed by atoms with Crippen molar-refractivity contribution in [2.24, 2.45) is 29.6 Å². The molecule has 182 valence electrons. The van der Waals surface area contributed by atoms with Crippen molar-refractivity contribution in [1.29, 1.82) is 0 Å². The van der Waals surface area contributed by atoms with Gasteiger partial charge in [-0.3, -0.25) is 9.78 Å². The van der Waals surface area contributed by atoms with E-state index >= 15 is 0 Å². The molecule has 4 aliphatic rings. The van der Waals surface area contributed by atoms with Gasteiger partial charge in [0, 0.05) is 28.9 Å². The molecule has 0 unspecified atom stereocenters. The van der Waals surface area contributed by atoms with Crippen molar-refractivity contribution in [3.05, 3.63) is 65.1 Å². The lowest BCUT2D eigenvalue weighted by Gasteiger charge is -2.54. The largest absolute Gasteiger partial charge is 0.351 e. The van der Waals surface area contributed by atoms with Crippen LogP contribution in [0.3, 0.4) is 0 Å². The highest BCUT2D eigenvalue weighted by Gasteiger charge is 2.47. The maximum Gasteiger partial charge on any atom is 0.272 e. The maximum atomic E-state index is 13.2. The van der Waals surface area contributed by atoms with Crippen LogP contribution in [0.4, 0.5) is 0 Å². The number of carbonyl (C=O) groups is 1. The summed E-state index contributed by atoms with van der Waals surface area (Å²) < 4.78 is 1.81. The topological polar surface area (TPSA) is 59.8 Å². The number of nitrogens with one attached hydrogen (secondary N) is 1. The summed E-state index contributed by atoms with van der Waals surface area (Å²) in [7, 11) is 0. The first-order valence-electron chi connectivity index (χ1n) is 13.1. The van der Waals surface area contributed by atoms with Crippen LogP contribution in [0.1, 0.15) is 61.0 Å². The molecule has 2 heterocycles. The Morgan fingerprint density at radius 3 is 2.43 bits per heavy atom. The van der Waals surface area contributed by atoms with Crippen molar-refractivity contribution in [3.63, 3.8) is 0 Å². The van der Waals surface area contributed by atoms with E-state index in [1.807, 2.05) is 48.0 Å². The first-order chi connectivity index (χ1) is 17.1. The van der Waals surface area contributed by atoms with E-state index in [0.29, 0.717) is 17.3 Å². The second-order valence-corrected chi connectivity index (χ2v) is 11.4. The number of hydrogen-bond acceptors (Lipinski definition) is 3. The minimum atomic E-state index is -0.106. The monoisotopic (exact) mass is 488 g/mol. The van der Waals surface area contributed by atoms with E-state index in [-0.39, 0.29) is 5.91 Å². The van der Waals surface area contributed by atoms with Crippen LogP contribution in [0.2, 0.25) is 5.02 Å². The molecule has 35 heavy (non-hydrogen) atoms. The van der Waals surface area contributed by atoms with Gasteiger partial charge in [0.15, 0.2) is 5.69 Å². The normalized spacial score (nSPS) is 26.7. The highest BCUT2D eigenvalue weighted by atomic mass is 35.5. The number of halogens is 1. The molecule has 1 aromatic carbocycles. The van der Waals surface area contributed by atoms with E-state index < -0.39 is 0 Å². The zero-order chi connectivity index (χ0) is 23.9. The molecule has 0 atom stereocenters. The smallest absolute Gasteiger partial charge is 0.272 e. The van der Waals surface area contributed by atoms with Gasteiger partial charge in [0.1, 0.15) is 0 Å². The van der Waals surface area contributed by atoms with Crippen LogP contribution in [0.5, 0.6) is 0 Å². The number of amides is 1. The minimum absolute atomic E-state index is 0.106. The predicted molar refractivity (Wildman–Crippen MR) is 139 cm³/mol. The number of pyridine rings is 1. The second-order valence-electron chi connectivity index (χ2n) is 10.9. The number of nitrogens with zero attached hydrogens (tertiary/aromatic N) is 3. The van der Waals surface area contributed by atoms with E-state index in [9.17, 15) is 4.79 Å². The van der Waals surface area contributed by atoms with Crippen molar-refractivity contribution in [2.75, 3.05) is 6.54 Å². The van der Waals surface area contributed by atoms with Crippen LogP contribution >= 0.6 is 11.6 Å². The van der Waals surface area contributed by atoms with Gasteiger partial charge in [0.05, 0.1) is 17.6 Å². The summed E-state index contributed by atoms with van der Waals surface area (Å²) >= 11 is 6.12. The van der Waals surface area contributed by atoms with E-state index in [2.05, 4.69) is 10.3 Å². The molecule has 4 bridgehead atoms. The lowest BCUT2D eigenvalue weighted by Crippen LogP contribution is -2.45. The van der Waals surface area contributed by atoms with Crippen molar-refractivity contribution in [3.8, 4) is 16.9 Å². The van der Waals surface area contributed by atoms with Crippen molar-refractivity contribution < 1.29 is 4.79 Å². The van der Waals surface area contributed by atoms with Gasteiger partial charge in [-0.15, -0.1) is 0 Å². The fraction of sp³-hybridized carbons (Fsp3) is 0.483. The van der Waals surface area contributed by atoms with Gasteiger partial charge in [-0.25, -0.2) is 4.68 Å². The molecule has 2 aromatic heterocycles. The van der Waals surface area contributed by atoms with Gasteiger partial charge in [-0.1, -0.05) is 23.7 Å². The molecule has 4 saturated carbocycles. The molecule has 1 N–H and O–H groups in total. The summed E-state index contributed by atoms with van der Waals surface area (Å²) in [6.07, 6.45) is 13.1. The van der Waals surface area contributed by atoms with Crippen molar-refractivity contribution in [1.82, 2.24) is 20.1 Å². The highest BCUT2D eigenvalue weighted by molar-refractivity contribution is 6.30. The summed E-state index contributed by atoms with van der Waals surface area (Å²) in [6, 6.07) is 11.5. The van der Waals surface area contributed by atoms with Gasteiger partial charge < -0.3 is 5.32 Å². The molecular formula is C29H33ClN4O. The number of rotatable bonds is 7. The summed E-state index contributed by atoms with van der Waals surface area (Å²) in [5.41, 5.74) is 3.99. The van der Waals surface area contributed by atoms with Gasteiger partial charge in [-0.2, -0.15) is 5.10 Å². The Hall–Kier alpha value is -2.66. The second kappa shape index (κ2) is 9.42. The summed E-state index contributed by atoms with van der Waals surface area (Å²) in [5, 5.41) is 8.58. The lowest BCUT2D eigenvalue weighted by molar-refractivity contribution is -0.0401. The molecule has 0 saturated heterocycles. The van der Waals surface area contributed by atoms with E-state index in [1.54, 1.807) is 12.4 Å². The van der Waals surface area contributed by atoms with Crippen LogP contribution < -0.4 is 5.32 Å². The van der Waals surface area contributed by atoms with Gasteiger partial charge in [-0.05, 0) is 106 Å². The Bertz CT molecular complexity index is 1180. The third-order valence-electron chi connectivity index (χ3n) is 8.77. The standard InChI is InChI=1S/C29H33ClN4O/c1-18-27(29(35)32-11-3-5-26-22-13-19-12-20(15-22)16-23(26)14-19)33-34(25-4-2-10-31-17-25)28(18)21-6-8-24(30)9-7-21/h2,4,6-10,17,19-20,22-23,26H,3,5,11-16H2,1H3,(H,32,35). The fourth-order valence-electron chi connectivity index (χ4n) is 7.46. The summed E-state index contributed by atoms with van der Waals surface area (Å²) in [4.78, 5) is 17.5. The Morgan fingerprint density at radius 1 is 1.06 bits per heavy atom. The zero-order valence-electron chi connectivity index (χ0n) is 20.3. The third-order valence-corrected chi connectivity index (χ3v) is 9.02. The average Bonchev–Trinajstić information content (AvgIpc) is 3.21. The zero-order valence-corrected chi connectivity index (χ0v) is 21.0. The van der Waals surface area contributed by atoms with Crippen LogP contribution in [-0.4, -0.2) is 27.2 Å². The summed E-state index contributed by atoms with van der Waals surface area (Å²) in [6.45, 7) is 2.67. The first-order valence-corrected chi connectivity index (χ1v) is 13.5. The maximum absolute atomic E-state index is 13.2. The van der Waals surface area contributed by atoms with Gasteiger partial charge >= 0.3 is 0 Å². The number of aromatic nitrogens is 3. The van der Waals surface area contributed by atoms with E-state index in [4.69, 9.17) is 16.7 Å². The van der Waals surface area contributed by atoms with Crippen LogP contribution in [0, 0.1) is 36.5 Å². The van der Waals surface area contributed by atoms with Gasteiger partial charge in [0.2, 0.25) is 0 Å². The Labute approximate surface area is 212 Å². The average molecular weight is 489 g/mol. The molecule has 4 fully saturated rings. The van der Waals surface area contributed by atoms with Gasteiger partial charge in [0.25, 0.3) is 5.91 Å². The quantitative estimate of drug-likeness (QED) is 0.387. The molecule has 1 amide bonds. The van der Waals surface area contributed by atoms with E-state index in [1.165, 1.54) is 38.5 Å². The number of carbonyl (C=O) groups excluding carboxylic acids is 1. The Kier molecular flexibility index (Phi) is 6.13. The Morgan fingerprint density at radius 2 is 1.77 bits per heavy atom. The van der Waals surface area contributed by atoms with Crippen molar-refractivity contribution >= 4 is 17.5 Å². The minimum Gasteiger partial charge on any atom is -0.351 e. The molecule has 0 spiro atoms. The van der Waals surface area contributed by atoms with Crippen LogP contribution in [-0.2, 0) is 0 Å². The molecule has 5 nitrogen and oxygen atoms in total. The first kappa shape index (κ1) is 22.8. The number of hydrogen-bond donors (Lipinski definition) is 1. The fourth-order valence-corrected chi connectivity index (χ4v) is 7.58. The molecule has 0 aliphatic heterocycles. The predicted octanol–water partition coefficient (Wildman–Crippen LogP) is 6.48. The molecule has 3 aromatic rings. The van der Waals surface area contributed by atoms with Crippen LogP contribution in [0.25, 0.3) is 16.9 Å². The lowest BCUT2D eigenvalue weighted by atomic mass is 9.51. The third kappa shape index (κ3) is 4.40. The van der Waals surface area contributed by atoms with Crippen LogP contribution in [0.15, 0.2) is 48.8 Å². The molecule has 0 radical (unpaired) electrons. The molecular weight excluding hydrogens is 456 g/mol. The number of benzene rings is 1. The highest BCUT2D eigenvalue weighted by Crippen LogP contribution is 2.57. The van der Waals surface area contributed by atoms with E-state index in [0.717, 1.165) is 58.5 Å². The summed E-state index contributed by atoms with van der Waals surface area (Å²) in [5.74, 6) is 4.69.